The van der Waals surface area contributed by atoms with E-state index in [1.54, 1.807) is 16.7 Å². The Hall–Kier alpha value is -2.87. The number of carboxylic acids is 1. The molecule has 2 aromatic carbocycles. The molecule has 1 aliphatic heterocycles. The van der Waals surface area contributed by atoms with Gasteiger partial charge < -0.3 is 14.6 Å². The highest BCUT2D eigenvalue weighted by Gasteiger charge is 2.35. The van der Waals surface area contributed by atoms with E-state index in [4.69, 9.17) is 0 Å². The lowest BCUT2D eigenvalue weighted by molar-refractivity contribution is 0.0694. The zero-order valence-electron chi connectivity index (χ0n) is 16.8. The number of thioether (sulfide) groups is 1. The van der Waals surface area contributed by atoms with Crippen molar-refractivity contribution in [3.63, 3.8) is 0 Å². The number of aryl methyl sites for hydroxylation is 1. The normalized spacial score (nSPS) is 16.5. The first-order valence-corrected chi connectivity index (χ1v) is 11.0. The van der Waals surface area contributed by atoms with Crippen molar-refractivity contribution in [1.82, 2.24) is 4.57 Å². The van der Waals surface area contributed by atoms with Gasteiger partial charge in [0.15, 0.2) is 5.82 Å². The zero-order valence-corrected chi connectivity index (χ0v) is 17.6. The van der Waals surface area contributed by atoms with Gasteiger partial charge in [0.05, 0.1) is 10.9 Å². The Balaban J connectivity index is 1.50. The fourth-order valence-corrected chi connectivity index (χ4v) is 5.21. The van der Waals surface area contributed by atoms with Gasteiger partial charge in [0.1, 0.15) is 17.1 Å². The lowest BCUT2D eigenvalue weighted by Gasteiger charge is -2.41. The van der Waals surface area contributed by atoms with Crippen molar-refractivity contribution in [2.75, 3.05) is 18.0 Å². The number of halogens is 2. The van der Waals surface area contributed by atoms with Gasteiger partial charge in [-0.15, -0.1) is 11.8 Å². The van der Waals surface area contributed by atoms with E-state index in [1.165, 1.54) is 16.3 Å². The van der Waals surface area contributed by atoms with Gasteiger partial charge in [0.2, 0.25) is 5.43 Å². The Kier molecular flexibility index (Phi) is 4.77. The van der Waals surface area contributed by atoms with E-state index in [0.717, 1.165) is 23.8 Å². The van der Waals surface area contributed by atoms with Crippen LogP contribution in [0.1, 0.15) is 34.8 Å². The van der Waals surface area contributed by atoms with E-state index >= 15 is 4.39 Å². The summed E-state index contributed by atoms with van der Waals surface area (Å²) in [6, 6.07) is 9.05. The van der Waals surface area contributed by atoms with Crippen LogP contribution in [0.4, 0.5) is 14.5 Å². The topological polar surface area (TPSA) is 62.5 Å². The van der Waals surface area contributed by atoms with Crippen LogP contribution < -0.4 is 10.3 Å². The Bertz CT molecular complexity index is 1260. The van der Waals surface area contributed by atoms with Crippen LogP contribution in [-0.4, -0.2) is 34.0 Å². The molecule has 2 heterocycles. The maximum absolute atomic E-state index is 15.6. The molecule has 3 aromatic rings. The maximum atomic E-state index is 15.6. The van der Waals surface area contributed by atoms with Gasteiger partial charge in [-0.3, -0.25) is 4.79 Å². The number of carbonyl (C=O) groups is 1. The van der Waals surface area contributed by atoms with Crippen molar-refractivity contribution in [2.24, 2.45) is 0 Å². The summed E-state index contributed by atoms with van der Waals surface area (Å²) in [7, 11) is 0. The summed E-state index contributed by atoms with van der Waals surface area (Å²) in [5.74, 6) is -3.04. The second-order valence-electron chi connectivity index (χ2n) is 8.19. The number of fused-ring (bicyclic) bond motifs is 1. The zero-order chi connectivity index (χ0) is 21.9. The number of pyridine rings is 1. The lowest BCUT2D eigenvalue weighted by atomic mass is 10.1. The molecular weight excluding hydrogens is 422 g/mol. The third kappa shape index (κ3) is 3.48. The molecule has 0 bridgehead atoms. The van der Waals surface area contributed by atoms with Crippen LogP contribution in [0.5, 0.6) is 0 Å². The number of anilines is 1. The third-order valence-corrected chi connectivity index (χ3v) is 7.02. The van der Waals surface area contributed by atoms with Gasteiger partial charge in [0.25, 0.3) is 0 Å². The minimum atomic E-state index is -1.40. The number of carboxylic acid groups (broad SMARTS) is 1. The lowest BCUT2D eigenvalue weighted by Crippen LogP contribution is -2.50. The molecule has 160 valence electrons. The van der Waals surface area contributed by atoms with Crippen molar-refractivity contribution >= 4 is 34.3 Å². The molecular formula is C23H20F2N2O3S. The molecule has 31 heavy (non-hydrogen) atoms. The third-order valence-electron chi connectivity index (χ3n) is 5.84. The van der Waals surface area contributed by atoms with E-state index in [2.05, 4.69) is 0 Å². The standard InChI is InChI=1S/C23H20F2N2O3S/c1-12-2-6-14(7-3-12)31-15-9-26(10-15)21-18(24)8-16-20(19(21)25)27(13-4-5-13)11-17(22(16)28)23(29)30/h2-3,6-8,11,13,15H,4-5,9-10H2,1H3,(H,29,30). The first-order valence-electron chi connectivity index (χ1n) is 10.1. The first kappa shape index (κ1) is 20.1. The summed E-state index contributed by atoms with van der Waals surface area (Å²) in [4.78, 5) is 26.8. The van der Waals surface area contributed by atoms with E-state index in [-0.39, 0.29) is 27.9 Å². The van der Waals surface area contributed by atoms with Gasteiger partial charge in [0, 0.05) is 35.5 Å². The average molecular weight is 442 g/mol. The van der Waals surface area contributed by atoms with Crippen molar-refractivity contribution < 1.29 is 18.7 Å². The van der Waals surface area contributed by atoms with Gasteiger partial charge in [-0.2, -0.15) is 0 Å². The highest BCUT2D eigenvalue weighted by atomic mass is 32.2. The predicted octanol–water partition coefficient (Wildman–Crippen LogP) is 4.60. The maximum Gasteiger partial charge on any atom is 0.341 e. The number of nitrogens with zero attached hydrogens (tertiary/aromatic N) is 2. The van der Waals surface area contributed by atoms with Crippen LogP contribution in [0, 0.1) is 18.6 Å². The molecule has 1 saturated carbocycles. The highest BCUT2D eigenvalue weighted by Crippen LogP contribution is 2.41. The SMILES string of the molecule is Cc1ccc(SC2CN(c3c(F)cc4c(=O)c(C(=O)O)cn(C5CC5)c4c3F)C2)cc1. The van der Waals surface area contributed by atoms with Gasteiger partial charge in [-0.25, -0.2) is 13.6 Å². The fraction of sp³-hybridized carbons (Fsp3) is 0.304. The number of benzene rings is 2. The molecule has 1 aromatic heterocycles. The number of hydrogen-bond donors (Lipinski definition) is 1. The molecule has 0 unspecified atom stereocenters. The quantitative estimate of drug-likeness (QED) is 0.626. The Morgan fingerprint density at radius 2 is 1.84 bits per heavy atom. The predicted molar refractivity (Wildman–Crippen MR) is 116 cm³/mol. The molecule has 0 amide bonds. The van der Waals surface area contributed by atoms with Gasteiger partial charge in [-0.1, -0.05) is 17.7 Å². The van der Waals surface area contributed by atoms with E-state index in [0.29, 0.717) is 13.1 Å². The second kappa shape index (κ2) is 7.37. The van der Waals surface area contributed by atoms with E-state index in [9.17, 15) is 19.1 Å². The minimum absolute atomic E-state index is 0.0106. The number of hydrogen-bond acceptors (Lipinski definition) is 4. The molecule has 1 aliphatic carbocycles. The number of aromatic carboxylic acids is 1. The van der Waals surface area contributed by atoms with Crippen molar-refractivity contribution in [1.29, 1.82) is 0 Å². The van der Waals surface area contributed by atoms with Crippen LogP contribution in [0.3, 0.4) is 0 Å². The molecule has 8 heteroatoms. The summed E-state index contributed by atoms with van der Waals surface area (Å²) in [5, 5.41) is 9.31. The summed E-state index contributed by atoms with van der Waals surface area (Å²) in [5.41, 5.74) is -0.314. The molecule has 5 rings (SSSR count). The van der Waals surface area contributed by atoms with Crippen LogP contribution in [0.15, 0.2) is 46.2 Å². The van der Waals surface area contributed by atoms with E-state index in [1.807, 2.05) is 31.2 Å². The monoisotopic (exact) mass is 442 g/mol. The molecule has 0 radical (unpaired) electrons. The molecule has 5 nitrogen and oxygen atoms in total. The Labute approximate surface area is 181 Å². The Morgan fingerprint density at radius 1 is 1.16 bits per heavy atom. The highest BCUT2D eigenvalue weighted by molar-refractivity contribution is 8.00. The van der Waals surface area contributed by atoms with Crippen molar-refractivity contribution in [2.45, 2.75) is 36.0 Å². The van der Waals surface area contributed by atoms with Crippen LogP contribution in [0.2, 0.25) is 0 Å². The molecule has 2 aliphatic rings. The molecule has 0 spiro atoms. The van der Waals surface area contributed by atoms with Crippen LogP contribution >= 0.6 is 11.8 Å². The molecule has 1 saturated heterocycles. The molecule has 0 atom stereocenters. The van der Waals surface area contributed by atoms with Crippen LogP contribution in [-0.2, 0) is 0 Å². The van der Waals surface area contributed by atoms with Crippen LogP contribution in [0.25, 0.3) is 10.9 Å². The minimum Gasteiger partial charge on any atom is -0.477 e. The summed E-state index contributed by atoms with van der Waals surface area (Å²) in [6.45, 7) is 2.99. The van der Waals surface area contributed by atoms with Gasteiger partial charge >= 0.3 is 5.97 Å². The average Bonchev–Trinajstić information content (AvgIpc) is 3.53. The first-order chi connectivity index (χ1) is 14.8. The smallest absolute Gasteiger partial charge is 0.341 e. The van der Waals surface area contributed by atoms with Gasteiger partial charge in [-0.05, 0) is 38.0 Å². The molecule has 1 N–H and O–H groups in total. The second-order valence-corrected chi connectivity index (χ2v) is 9.56. The summed E-state index contributed by atoms with van der Waals surface area (Å²) >= 11 is 1.67. The number of aromatic nitrogens is 1. The van der Waals surface area contributed by atoms with Crippen molar-refractivity contribution in [3.8, 4) is 0 Å². The Morgan fingerprint density at radius 3 is 2.45 bits per heavy atom. The summed E-state index contributed by atoms with van der Waals surface area (Å²) < 4.78 is 32.0. The summed E-state index contributed by atoms with van der Waals surface area (Å²) in [6.07, 6.45) is 2.73. The number of rotatable bonds is 5. The van der Waals surface area contributed by atoms with Crippen molar-refractivity contribution in [3.05, 3.63) is 69.5 Å². The largest absolute Gasteiger partial charge is 0.477 e. The van der Waals surface area contributed by atoms with E-state index < -0.39 is 28.6 Å². The molecule has 2 fully saturated rings. The fourth-order valence-electron chi connectivity index (χ4n) is 4.02.